The van der Waals surface area contributed by atoms with Gasteiger partial charge in [0.05, 0.1) is 5.56 Å². The third-order valence-corrected chi connectivity index (χ3v) is 5.88. The SMILES string of the molecule is CC1(CNC(=O)c2csc(S(N)(=O)=O)c2)CCOCC1. The number of sulfonamides is 1. The van der Waals surface area contributed by atoms with Crippen molar-refractivity contribution in [3.05, 3.63) is 17.0 Å². The molecular formula is C12H18N2O4S2. The van der Waals surface area contributed by atoms with Crippen molar-refractivity contribution >= 4 is 27.3 Å². The van der Waals surface area contributed by atoms with Crippen LogP contribution in [0.3, 0.4) is 0 Å². The van der Waals surface area contributed by atoms with Crippen LogP contribution in [0.15, 0.2) is 15.7 Å². The molecular weight excluding hydrogens is 300 g/mol. The van der Waals surface area contributed by atoms with E-state index in [9.17, 15) is 13.2 Å². The number of carbonyl (C=O) groups excluding carboxylic acids is 1. The molecule has 6 nitrogen and oxygen atoms in total. The molecule has 1 saturated heterocycles. The first-order chi connectivity index (χ1) is 9.30. The maximum Gasteiger partial charge on any atom is 0.252 e. The van der Waals surface area contributed by atoms with Gasteiger partial charge in [0, 0.05) is 25.1 Å². The normalized spacial score (nSPS) is 18.7. The molecule has 1 aromatic rings. The van der Waals surface area contributed by atoms with E-state index in [1.807, 2.05) is 0 Å². The van der Waals surface area contributed by atoms with Gasteiger partial charge in [-0.2, -0.15) is 0 Å². The summed E-state index contributed by atoms with van der Waals surface area (Å²) in [6, 6.07) is 1.31. The van der Waals surface area contributed by atoms with Crippen LogP contribution in [0.4, 0.5) is 0 Å². The number of carbonyl (C=O) groups is 1. The molecule has 1 aliphatic heterocycles. The third-order valence-electron chi connectivity index (χ3n) is 3.49. The molecule has 0 unspecified atom stereocenters. The summed E-state index contributed by atoms with van der Waals surface area (Å²) in [7, 11) is -3.74. The summed E-state index contributed by atoms with van der Waals surface area (Å²) in [5.41, 5.74) is 0.363. The van der Waals surface area contributed by atoms with Crippen LogP contribution in [0, 0.1) is 5.41 Å². The van der Waals surface area contributed by atoms with E-state index >= 15 is 0 Å². The van der Waals surface area contributed by atoms with Crippen LogP contribution in [0.25, 0.3) is 0 Å². The van der Waals surface area contributed by atoms with Crippen molar-refractivity contribution in [2.24, 2.45) is 10.6 Å². The molecule has 0 atom stereocenters. The average molecular weight is 318 g/mol. The minimum absolute atomic E-state index is 0.0000666. The predicted octanol–water partition coefficient (Wildman–Crippen LogP) is 0.942. The van der Waals surface area contributed by atoms with Gasteiger partial charge in [-0.1, -0.05) is 6.92 Å². The minimum Gasteiger partial charge on any atom is -0.381 e. The largest absolute Gasteiger partial charge is 0.381 e. The number of ether oxygens (including phenoxy) is 1. The molecule has 1 amide bonds. The van der Waals surface area contributed by atoms with E-state index in [4.69, 9.17) is 9.88 Å². The summed E-state index contributed by atoms with van der Waals surface area (Å²) in [4.78, 5) is 12.0. The summed E-state index contributed by atoms with van der Waals surface area (Å²) in [6.45, 7) is 4.08. The van der Waals surface area contributed by atoms with Crippen molar-refractivity contribution in [2.75, 3.05) is 19.8 Å². The Hall–Kier alpha value is -0.960. The van der Waals surface area contributed by atoms with Gasteiger partial charge < -0.3 is 10.1 Å². The molecule has 1 fully saturated rings. The second kappa shape index (κ2) is 5.80. The van der Waals surface area contributed by atoms with Crippen LogP contribution in [0.5, 0.6) is 0 Å². The number of nitrogens with two attached hydrogens (primary N) is 1. The monoisotopic (exact) mass is 318 g/mol. The Morgan fingerprint density at radius 2 is 2.15 bits per heavy atom. The first-order valence-electron chi connectivity index (χ1n) is 6.27. The molecule has 2 heterocycles. The van der Waals surface area contributed by atoms with Crippen molar-refractivity contribution in [1.29, 1.82) is 0 Å². The van der Waals surface area contributed by atoms with Crippen molar-refractivity contribution in [3.63, 3.8) is 0 Å². The van der Waals surface area contributed by atoms with E-state index in [2.05, 4.69) is 12.2 Å². The van der Waals surface area contributed by atoms with Crippen molar-refractivity contribution in [2.45, 2.75) is 24.0 Å². The standard InChI is InChI=1S/C12H18N2O4S2/c1-12(2-4-18-5-3-12)8-14-11(15)9-6-10(19-7-9)20(13,16)17/h6-7H,2-5,8H2,1H3,(H,14,15)(H2,13,16,17). The van der Waals surface area contributed by atoms with Gasteiger partial charge in [-0.05, 0) is 24.3 Å². The molecule has 0 aromatic carbocycles. The average Bonchev–Trinajstić information content (AvgIpc) is 2.86. The highest BCUT2D eigenvalue weighted by Crippen LogP contribution is 2.28. The maximum absolute atomic E-state index is 12.0. The molecule has 20 heavy (non-hydrogen) atoms. The molecule has 0 saturated carbocycles. The summed E-state index contributed by atoms with van der Waals surface area (Å²) in [6.07, 6.45) is 1.80. The van der Waals surface area contributed by atoms with Gasteiger partial charge in [0.2, 0.25) is 10.0 Å². The van der Waals surface area contributed by atoms with Crippen LogP contribution in [0.1, 0.15) is 30.1 Å². The summed E-state index contributed by atoms with van der Waals surface area (Å²) in [5, 5.41) is 9.37. The lowest BCUT2D eigenvalue weighted by Crippen LogP contribution is -2.39. The lowest BCUT2D eigenvalue weighted by atomic mass is 9.82. The molecule has 0 bridgehead atoms. The molecule has 3 N–H and O–H groups in total. The Balaban J connectivity index is 1.97. The fraction of sp³-hybridized carbons (Fsp3) is 0.583. The van der Waals surface area contributed by atoms with Gasteiger partial charge in [0.25, 0.3) is 5.91 Å². The Morgan fingerprint density at radius 1 is 1.50 bits per heavy atom. The Labute approximate surface area is 122 Å². The van der Waals surface area contributed by atoms with E-state index in [-0.39, 0.29) is 15.5 Å². The van der Waals surface area contributed by atoms with Crippen LogP contribution >= 0.6 is 11.3 Å². The van der Waals surface area contributed by atoms with E-state index in [0.29, 0.717) is 25.3 Å². The lowest BCUT2D eigenvalue weighted by Gasteiger charge is -2.33. The first kappa shape index (κ1) is 15.4. The predicted molar refractivity (Wildman–Crippen MR) is 76.2 cm³/mol. The highest BCUT2D eigenvalue weighted by molar-refractivity contribution is 7.91. The zero-order chi connectivity index (χ0) is 14.8. The Kier molecular flexibility index (Phi) is 4.48. The second-order valence-electron chi connectivity index (χ2n) is 5.31. The van der Waals surface area contributed by atoms with E-state index in [0.717, 1.165) is 24.2 Å². The van der Waals surface area contributed by atoms with Crippen molar-refractivity contribution in [3.8, 4) is 0 Å². The minimum atomic E-state index is -3.74. The lowest BCUT2D eigenvalue weighted by molar-refractivity contribution is 0.0238. The maximum atomic E-state index is 12.0. The summed E-state index contributed by atoms with van der Waals surface area (Å²) < 4.78 is 27.6. The highest BCUT2D eigenvalue weighted by Gasteiger charge is 2.28. The Bertz CT molecular complexity index is 588. The number of hydrogen-bond acceptors (Lipinski definition) is 5. The molecule has 1 aliphatic rings. The third kappa shape index (κ3) is 3.78. The van der Waals surface area contributed by atoms with Gasteiger partial charge in [-0.25, -0.2) is 13.6 Å². The van der Waals surface area contributed by atoms with Crippen molar-refractivity contribution in [1.82, 2.24) is 5.32 Å². The van der Waals surface area contributed by atoms with Gasteiger partial charge >= 0.3 is 0 Å². The van der Waals surface area contributed by atoms with E-state index in [1.165, 1.54) is 11.4 Å². The molecule has 0 spiro atoms. The van der Waals surface area contributed by atoms with Crippen LogP contribution in [-0.4, -0.2) is 34.1 Å². The van der Waals surface area contributed by atoms with Crippen LogP contribution in [-0.2, 0) is 14.8 Å². The number of amides is 1. The van der Waals surface area contributed by atoms with Crippen LogP contribution < -0.4 is 10.5 Å². The van der Waals surface area contributed by atoms with Crippen LogP contribution in [0.2, 0.25) is 0 Å². The van der Waals surface area contributed by atoms with Crippen molar-refractivity contribution < 1.29 is 17.9 Å². The zero-order valence-electron chi connectivity index (χ0n) is 11.2. The highest BCUT2D eigenvalue weighted by atomic mass is 32.2. The van der Waals surface area contributed by atoms with Gasteiger partial charge in [0.1, 0.15) is 4.21 Å². The first-order valence-corrected chi connectivity index (χ1v) is 8.70. The zero-order valence-corrected chi connectivity index (χ0v) is 12.9. The van der Waals surface area contributed by atoms with Gasteiger partial charge in [-0.3, -0.25) is 4.79 Å². The fourth-order valence-electron chi connectivity index (χ4n) is 2.02. The number of rotatable bonds is 4. The number of nitrogens with one attached hydrogen (secondary N) is 1. The molecule has 1 aromatic heterocycles. The number of primary sulfonamides is 1. The molecule has 2 rings (SSSR count). The Morgan fingerprint density at radius 3 is 2.70 bits per heavy atom. The topological polar surface area (TPSA) is 98.5 Å². The van der Waals surface area contributed by atoms with Gasteiger partial charge in [0.15, 0.2) is 0 Å². The molecule has 0 aliphatic carbocycles. The summed E-state index contributed by atoms with van der Waals surface area (Å²) >= 11 is 0.952. The smallest absolute Gasteiger partial charge is 0.252 e. The summed E-state index contributed by atoms with van der Waals surface area (Å²) in [5.74, 6) is -0.274. The quantitative estimate of drug-likeness (QED) is 0.863. The van der Waals surface area contributed by atoms with E-state index < -0.39 is 10.0 Å². The fourth-order valence-corrected chi connectivity index (χ4v) is 3.61. The number of hydrogen-bond donors (Lipinski definition) is 2. The molecule has 112 valence electrons. The van der Waals surface area contributed by atoms with Gasteiger partial charge in [-0.15, -0.1) is 11.3 Å². The molecule has 8 heteroatoms. The number of thiophene rings is 1. The van der Waals surface area contributed by atoms with E-state index in [1.54, 1.807) is 0 Å². The second-order valence-corrected chi connectivity index (χ2v) is 8.00. The molecule has 0 radical (unpaired) electrons.